The number of carbonyl (C=O) groups is 2. The number of rotatable bonds is 5. The van der Waals surface area contributed by atoms with Crippen molar-refractivity contribution in [2.24, 2.45) is 0 Å². The molecule has 0 spiro atoms. The van der Waals surface area contributed by atoms with E-state index in [2.05, 4.69) is 20.8 Å². The summed E-state index contributed by atoms with van der Waals surface area (Å²) in [6.07, 6.45) is 2.18. The fraction of sp³-hybridized carbons (Fsp3) is 0.500. The van der Waals surface area contributed by atoms with E-state index in [4.69, 9.17) is 13.7 Å². The van der Waals surface area contributed by atoms with Crippen molar-refractivity contribution in [3.8, 4) is 0 Å². The third-order valence-corrected chi connectivity index (χ3v) is 3.08. The van der Waals surface area contributed by atoms with Gasteiger partial charge in [-0.05, 0) is 40.7 Å². The van der Waals surface area contributed by atoms with Crippen LogP contribution in [0.25, 0.3) is 0 Å². The molecule has 2 aromatic heterocycles. The molecule has 0 aliphatic heterocycles. The van der Waals surface area contributed by atoms with Gasteiger partial charge in [0.2, 0.25) is 5.89 Å². The maximum atomic E-state index is 12.0. The lowest BCUT2D eigenvalue weighted by atomic mass is 10.2. The number of amides is 2. The second-order valence-corrected chi connectivity index (χ2v) is 6.57. The van der Waals surface area contributed by atoms with E-state index in [1.165, 1.54) is 12.5 Å². The lowest BCUT2D eigenvalue weighted by Crippen LogP contribution is -2.34. The zero-order chi connectivity index (χ0) is 18.6. The first-order valence-electron chi connectivity index (χ1n) is 7.82. The van der Waals surface area contributed by atoms with Crippen molar-refractivity contribution >= 4 is 12.0 Å². The summed E-state index contributed by atoms with van der Waals surface area (Å²) < 4.78 is 15.2. The highest BCUT2D eigenvalue weighted by molar-refractivity contribution is 5.93. The smallest absolute Gasteiger partial charge is 0.408 e. The molecule has 0 saturated carbocycles. The summed E-state index contributed by atoms with van der Waals surface area (Å²) in [5.74, 6) is 0.191. The fourth-order valence-electron chi connectivity index (χ4n) is 1.88. The average molecular weight is 350 g/mol. The summed E-state index contributed by atoms with van der Waals surface area (Å²) >= 11 is 0. The van der Waals surface area contributed by atoms with E-state index < -0.39 is 23.8 Å². The Balaban J connectivity index is 1.94. The first-order chi connectivity index (χ1) is 11.7. The van der Waals surface area contributed by atoms with Gasteiger partial charge in [0, 0.05) is 0 Å². The Morgan fingerprint density at radius 3 is 2.52 bits per heavy atom. The first kappa shape index (κ1) is 18.5. The van der Waals surface area contributed by atoms with Crippen molar-refractivity contribution in [1.82, 2.24) is 20.8 Å². The van der Waals surface area contributed by atoms with Gasteiger partial charge in [-0.1, -0.05) is 5.16 Å². The van der Waals surface area contributed by atoms with Crippen molar-refractivity contribution in [3.63, 3.8) is 0 Å². The molecule has 2 unspecified atom stereocenters. The monoisotopic (exact) mass is 350 g/mol. The highest BCUT2D eigenvalue weighted by atomic mass is 16.6. The Kier molecular flexibility index (Phi) is 5.45. The molecule has 2 heterocycles. The van der Waals surface area contributed by atoms with E-state index in [9.17, 15) is 9.59 Å². The van der Waals surface area contributed by atoms with E-state index >= 15 is 0 Å². The van der Waals surface area contributed by atoms with E-state index in [0.717, 1.165) is 0 Å². The summed E-state index contributed by atoms with van der Waals surface area (Å²) in [6.45, 7) is 8.73. The second kappa shape index (κ2) is 7.37. The SMILES string of the molecule is CC(NC(=O)OC(C)(C)C)c1noc(C(C)NC(=O)c2ccoc2)n1. The van der Waals surface area contributed by atoms with Crippen LogP contribution in [-0.2, 0) is 4.74 Å². The zero-order valence-electron chi connectivity index (χ0n) is 14.8. The van der Waals surface area contributed by atoms with Crippen LogP contribution in [0.1, 0.15) is 68.8 Å². The summed E-state index contributed by atoms with van der Waals surface area (Å²) in [5.41, 5.74) is -0.204. The molecule has 0 fully saturated rings. The number of furan rings is 1. The maximum Gasteiger partial charge on any atom is 0.408 e. The number of alkyl carbamates (subject to hydrolysis) is 1. The average Bonchev–Trinajstić information content (AvgIpc) is 3.17. The van der Waals surface area contributed by atoms with Gasteiger partial charge in [-0.2, -0.15) is 4.98 Å². The molecular formula is C16H22N4O5. The Bertz CT molecular complexity index is 717. The van der Waals surface area contributed by atoms with Gasteiger partial charge in [-0.15, -0.1) is 0 Å². The van der Waals surface area contributed by atoms with Crippen LogP contribution in [0.3, 0.4) is 0 Å². The topological polar surface area (TPSA) is 119 Å². The number of hydrogen-bond acceptors (Lipinski definition) is 7. The van der Waals surface area contributed by atoms with Gasteiger partial charge in [0.05, 0.1) is 17.9 Å². The predicted molar refractivity (Wildman–Crippen MR) is 86.7 cm³/mol. The third kappa shape index (κ3) is 5.33. The van der Waals surface area contributed by atoms with Crippen molar-refractivity contribution in [2.45, 2.75) is 52.3 Å². The van der Waals surface area contributed by atoms with Crippen molar-refractivity contribution < 1.29 is 23.3 Å². The first-order valence-corrected chi connectivity index (χ1v) is 7.82. The van der Waals surface area contributed by atoms with Crippen molar-refractivity contribution in [1.29, 1.82) is 0 Å². The fourth-order valence-corrected chi connectivity index (χ4v) is 1.88. The van der Waals surface area contributed by atoms with Crippen LogP contribution < -0.4 is 10.6 Å². The van der Waals surface area contributed by atoms with Gasteiger partial charge in [0.1, 0.15) is 17.9 Å². The molecule has 0 saturated heterocycles. The Morgan fingerprint density at radius 1 is 1.20 bits per heavy atom. The molecule has 0 aromatic carbocycles. The van der Waals surface area contributed by atoms with Crippen molar-refractivity contribution in [2.75, 3.05) is 0 Å². The van der Waals surface area contributed by atoms with Crippen LogP contribution >= 0.6 is 0 Å². The zero-order valence-corrected chi connectivity index (χ0v) is 14.8. The van der Waals surface area contributed by atoms with E-state index in [1.54, 1.807) is 40.7 Å². The van der Waals surface area contributed by atoms with Crippen LogP contribution in [-0.4, -0.2) is 27.7 Å². The molecule has 2 aromatic rings. The van der Waals surface area contributed by atoms with E-state index in [1.807, 2.05) is 0 Å². The molecule has 0 radical (unpaired) electrons. The molecule has 9 heteroatoms. The molecule has 2 atom stereocenters. The number of nitrogens with one attached hydrogen (secondary N) is 2. The summed E-state index contributed by atoms with van der Waals surface area (Å²) in [7, 11) is 0. The van der Waals surface area contributed by atoms with Gasteiger partial charge in [-0.25, -0.2) is 4.79 Å². The van der Waals surface area contributed by atoms with Gasteiger partial charge in [-0.3, -0.25) is 4.79 Å². The van der Waals surface area contributed by atoms with E-state index in [0.29, 0.717) is 5.56 Å². The number of nitrogens with zero attached hydrogens (tertiary/aromatic N) is 2. The Labute approximate surface area is 145 Å². The Hall–Kier alpha value is -2.84. The maximum absolute atomic E-state index is 12.0. The van der Waals surface area contributed by atoms with Gasteiger partial charge >= 0.3 is 6.09 Å². The lowest BCUT2D eigenvalue weighted by Gasteiger charge is -2.20. The van der Waals surface area contributed by atoms with Crippen molar-refractivity contribution in [3.05, 3.63) is 35.9 Å². The molecule has 2 amide bonds. The van der Waals surface area contributed by atoms with E-state index in [-0.39, 0.29) is 17.6 Å². The molecule has 9 nitrogen and oxygen atoms in total. The lowest BCUT2D eigenvalue weighted by molar-refractivity contribution is 0.0505. The summed E-state index contributed by atoms with van der Waals surface area (Å²) in [4.78, 5) is 28.0. The van der Waals surface area contributed by atoms with Crippen LogP contribution in [0.4, 0.5) is 4.79 Å². The standard InChI is InChI=1S/C16H22N4O5/c1-9(18-15(22)24-16(3,4)5)12-19-14(25-20-12)10(2)17-13(21)11-6-7-23-8-11/h6-10H,1-5H3,(H,17,21)(H,18,22). The minimum Gasteiger partial charge on any atom is -0.472 e. The van der Waals surface area contributed by atoms with Crippen LogP contribution in [0.5, 0.6) is 0 Å². The highest BCUT2D eigenvalue weighted by Crippen LogP contribution is 2.16. The normalized spacial score (nSPS) is 13.8. The third-order valence-electron chi connectivity index (χ3n) is 3.08. The molecule has 0 aliphatic rings. The van der Waals surface area contributed by atoms with Crippen LogP contribution in [0, 0.1) is 0 Å². The minimum absolute atomic E-state index is 0.227. The molecule has 0 aliphatic carbocycles. The van der Waals surface area contributed by atoms with Gasteiger partial charge in [0.25, 0.3) is 5.91 Å². The molecule has 0 bridgehead atoms. The number of ether oxygens (including phenoxy) is 1. The molecule has 2 rings (SSSR count). The second-order valence-electron chi connectivity index (χ2n) is 6.57. The molecule has 25 heavy (non-hydrogen) atoms. The quantitative estimate of drug-likeness (QED) is 0.850. The number of hydrogen-bond donors (Lipinski definition) is 2. The largest absolute Gasteiger partial charge is 0.472 e. The number of aromatic nitrogens is 2. The molecule has 136 valence electrons. The molecule has 2 N–H and O–H groups in total. The van der Waals surface area contributed by atoms with Crippen LogP contribution in [0.2, 0.25) is 0 Å². The summed E-state index contributed by atoms with van der Waals surface area (Å²) in [6, 6.07) is 0.537. The van der Waals surface area contributed by atoms with Crippen LogP contribution in [0.15, 0.2) is 27.5 Å². The minimum atomic E-state index is -0.599. The summed E-state index contributed by atoms with van der Waals surface area (Å²) in [5, 5.41) is 9.17. The molecular weight excluding hydrogens is 328 g/mol. The number of carbonyl (C=O) groups excluding carboxylic acids is 2. The van der Waals surface area contributed by atoms with Gasteiger partial charge < -0.3 is 24.3 Å². The Morgan fingerprint density at radius 2 is 1.92 bits per heavy atom. The van der Waals surface area contributed by atoms with Gasteiger partial charge in [0.15, 0.2) is 5.82 Å². The predicted octanol–water partition coefficient (Wildman–Crippen LogP) is 2.74. The highest BCUT2D eigenvalue weighted by Gasteiger charge is 2.23.